The summed E-state index contributed by atoms with van der Waals surface area (Å²) < 4.78 is 11.8. The maximum absolute atomic E-state index is 11.8. The van der Waals surface area contributed by atoms with Crippen molar-refractivity contribution in [2.75, 3.05) is 0 Å². The van der Waals surface area contributed by atoms with E-state index in [4.69, 9.17) is 5.11 Å². The molecule has 0 bridgehead atoms. The molecule has 1 rings (SSSR count). The van der Waals surface area contributed by atoms with E-state index in [0.29, 0.717) is 0 Å². The third kappa shape index (κ3) is 3.08. The molecule has 14 heavy (non-hydrogen) atoms. The van der Waals surface area contributed by atoms with Crippen LogP contribution in [-0.4, -0.2) is 25.8 Å². The molecule has 1 fully saturated rings. The molecule has 0 spiro atoms. The first kappa shape index (κ1) is 11.7. The monoisotopic (exact) mass is 218 g/mol. The van der Waals surface area contributed by atoms with Gasteiger partial charge in [-0.3, -0.25) is 9.00 Å². The Morgan fingerprint density at radius 3 is 2.21 bits per heavy atom. The summed E-state index contributed by atoms with van der Waals surface area (Å²) in [4.78, 5) is 10.7. The van der Waals surface area contributed by atoms with Gasteiger partial charge in [-0.25, -0.2) is 0 Å². The summed E-state index contributed by atoms with van der Waals surface area (Å²) in [5, 5.41) is 8.16. The first-order valence-corrected chi connectivity index (χ1v) is 6.52. The molecule has 2 unspecified atom stereocenters. The van der Waals surface area contributed by atoms with Crippen LogP contribution in [0.1, 0.15) is 45.4 Å². The fourth-order valence-corrected chi connectivity index (χ4v) is 3.44. The Balaban J connectivity index is 2.53. The van der Waals surface area contributed by atoms with Crippen LogP contribution in [0.4, 0.5) is 0 Å². The summed E-state index contributed by atoms with van der Waals surface area (Å²) in [6, 6.07) is 0. The summed E-state index contributed by atoms with van der Waals surface area (Å²) in [5.41, 5.74) is 0. The highest BCUT2D eigenvalue weighted by Gasteiger charge is 2.27. The molecule has 0 heterocycles. The van der Waals surface area contributed by atoms with Gasteiger partial charge in [0.1, 0.15) is 5.25 Å². The molecular formula is C10H18O3S. The number of aliphatic carboxylic acids is 1. The lowest BCUT2D eigenvalue weighted by Gasteiger charge is -2.16. The zero-order chi connectivity index (χ0) is 10.6. The number of rotatable bonds is 3. The van der Waals surface area contributed by atoms with Crippen LogP contribution in [0.3, 0.4) is 0 Å². The number of carbonyl (C=O) groups is 1. The van der Waals surface area contributed by atoms with E-state index in [1.807, 2.05) is 0 Å². The minimum absolute atomic E-state index is 0.114. The fraction of sp³-hybridized carbons (Fsp3) is 0.900. The molecule has 0 aromatic carbocycles. The molecule has 1 N–H and O–H groups in total. The summed E-state index contributed by atoms with van der Waals surface area (Å²) in [6.45, 7) is 1.54. The van der Waals surface area contributed by atoms with Crippen LogP contribution in [0.2, 0.25) is 0 Å². The smallest absolute Gasteiger partial charge is 0.318 e. The van der Waals surface area contributed by atoms with Crippen molar-refractivity contribution >= 4 is 16.8 Å². The summed E-state index contributed by atoms with van der Waals surface area (Å²) in [6.07, 6.45) is 6.48. The van der Waals surface area contributed by atoms with E-state index in [1.165, 1.54) is 12.8 Å². The largest absolute Gasteiger partial charge is 0.480 e. The number of carboxylic acids is 1. The van der Waals surface area contributed by atoms with Crippen molar-refractivity contribution in [3.63, 3.8) is 0 Å². The van der Waals surface area contributed by atoms with E-state index in [-0.39, 0.29) is 5.25 Å². The highest BCUT2D eigenvalue weighted by Crippen LogP contribution is 2.23. The molecule has 1 aliphatic rings. The van der Waals surface area contributed by atoms with Crippen LogP contribution < -0.4 is 0 Å². The molecule has 2 atom stereocenters. The summed E-state index contributed by atoms with van der Waals surface area (Å²) in [5.74, 6) is -0.937. The van der Waals surface area contributed by atoms with E-state index in [1.54, 1.807) is 6.92 Å². The highest BCUT2D eigenvalue weighted by atomic mass is 32.2. The lowest BCUT2D eigenvalue weighted by Crippen LogP contribution is -2.29. The zero-order valence-corrected chi connectivity index (χ0v) is 9.39. The van der Waals surface area contributed by atoms with Gasteiger partial charge in [0, 0.05) is 16.0 Å². The van der Waals surface area contributed by atoms with Crippen LogP contribution >= 0.6 is 0 Å². The van der Waals surface area contributed by atoms with Gasteiger partial charge in [0.2, 0.25) is 0 Å². The number of hydrogen-bond donors (Lipinski definition) is 1. The van der Waals surface area contributed by atoms with Crippen molar-refractivity contribution in [2.24, 2.45) is 0 Å². The van der Waals surface area contributed by atoms with Crippen LogP contribution in [0, 0.1) is 0 Å². The summed E-state index contributed by atoms with van der Waals surface area (Å²) >= 11 is 0. The van der Waals surface area contributed by atoms with Crippen molar-refractivity contribution in [2.45, 2.75) is 55.9 Å². The van der Waals surface area contributed by atoms with Crippen LogP contribution in [0.15, 0.2) is 0 Å². The predicted molar refractivity (Wildman–Crippen MR) is 56.7 cm³/mol. The quantitative estimate of drug-likeness (QED) is 0.736. The molecule has 0 aliphatic heterocycles. The van der Waals surface area contributed by atoms with Crippen molar-refractivity contribution in [3.8, 4) is 0 Å². The molecule has 82 valence electrons. The third-order valence-corrected chi connectivity index (χ3v) is 4.85. The Labute approximate surface area is 87.3 Å². The second-order valence-corrected chi connectivity index (χ2v) is 5.95. The summed E-state index contributed by atoms with van der Waals surface area (Å²) in [7, 11) is -1.19. The van der Waals surface area contributed by atoms with Gasteiger partial charge in [0.25, 0.3) is 0 Å². The van der Waals surface area contributed by atoms with Crippen LogP contribution in [-0.2, 0) is 15.6 Å². The van der Waals surface area contributed by atoms with E-state index in [9.17, 15) is 9.00 Å². The Kier molecular flexibility index (Phi) is 4.58. The van der Waals surface area contributed by atoms with Gasteiger partial charge in [-0.1, -0.05) is 25.7 Å². The molecule has 1 aliphatic carbocycles. The van der Waals surface area contributed by atoms with Gasteiger partial charge >= 0.3 is 5.97 Å². The van der Waals surface area contributed by atoms with Gasteiger partial charge < -0.3 is 5.11 Å². The van der Waals surface area contributed by atoms with E-state index in [2.05, 4.69) is 0 Å². The number of carboxylic acid groups (broad SMARTS) is 1. The molecule has 0 aromatic rings. The first-order valence-electron chi connectivity index (χ1n) is 5.25. The second kappa shape index (κ2) is 5.49. The predicted octanol–water partition coefficient (Wildman–Crippen LogP) is 1.93. The Morgan fingerprint density at radius 2 is 1.79 bits per heavy atom. The molecule has 0 amide bonds. The fourth-order valence-electron chi connectivity index (χ4n) is 1.86. The van der Waals surface area contributed by atoms with Crippen molar-refractivity contribution in [3.05, 3.63) is 0 Å². The second-order valence-electron chi connectivity index (χ2n) is 3.92. The highest BCUT2D eigenvalue weighted by molar-refractivity contribution is 7.87. The average Bonchev–Trinajstić information content (AvgIpc) is 2.43. The maximum atomic E-state index is 11.8. The lowest BCUT2D eigenvalue weighted by atomic mass is 10.2. The Hall–Kier alpha value is -0.380. The van der Waals surface area contributed by atoms with Gasteiger partial charge in [0.05, 0.1) is 0 Å². The van der Waals surface area contributed by atoms with Gasteiger partial charge in [0.15, 0.2) is 0 Å². The lowest BCUT2D eigenvalue weighted by molar-refractivity contribution is -0.136. The van der Waals surface area contributed by atoms with E-state index >= 15 is 0 Å². The zero-order valence-electron chi connectivity index (χ0n) is 8.57. The molecule has 0 saturated heterocycles. The molecule has 0 aromatic heterocycles. The average molecular weight is 218 g/mol. The van der Waals surface area contributed by atoms with E-state index < -0.39 is 22.0 Å². The Morgan fingerprint density at radius 1 is 1.29 bits per heavy atom. The van der Waals surface area contributed by atoms with E-state index in [0.717, 1.165) is 25.7 Å². The van der Waals surface area contributed by atoms with Gasteiger partial charge in [-0.05, 0) is 19.8 Å². The van der Waals surface area contributed by atoms with Crippen molar-refractivity contribution < 1.29 is 14.1 Å². The molecule has 3 nitrogen and oxygen atoms in total. The van der Waals surface area contributed by atoms with Gasteiger partial charge in [-0.2, -0.15) is 0 Å². The minimum atomic E-state index is -1.19. The molecule has 4 heteroatoms. The van der Waals surface area contributed by atoms with Crippen LogP contribution in [0.5, 0.6) is 0 Å². The maximum Gasteiger partial charge on any atom is 0.318 e. The topological polar surface area (TPSA) is 54.4 Å². The number of hydrogen-bond acceptors (Lipinski definition) is 2. The third-order valence-electron chi connectivity index (χ3n) is 2.83. The van der Waals surface area contributed by atoms with Gasteiger partial charge in [-0.15, -0.1) is 0 Å². The SMILES string of the molecule is CC(C(=O)O)S(=O)C1CCCCCC1. The minimum Gasteiger partial charge on any atom is -0.480 e. The molecular weight excluding hydrogens is 200 g/mol. The Bertz CT molecular complexity index is 219. The van der Waals surface area contributed by atoms with Crippen LogP contribution in [0.25, 0.3) is 0 Å². The first-order chi connectivity index (χ1) is 6.63. The standard InChI is InChI=1S/C10H18O3S/c1-8(10(11)12)14(13)9-6-4-2-3-5-7-9/h8-9H,2-7H2,1H3,(H,11,12). The van der Waals surface area contributed by atoms with Crippen molar-refractivity contribution in [1.82, 2.24) is 0 Å². The molecule has 1 saturated carbocycles. The normalized spacial score (nSPS) is 23.8. The molecule has 0 radical (unpaired) electrons. The van der Waals surface area contributed by atoms with Crippen molar-refractivity contribution in [1.29, 1.82) is 0 Å².